The van der Waals surface area contributed by atoms with Crippen molar-refractivity contribution < 1.29 is 4.79 Å². The summed E-state index contributed by atoms with van der Waals surface area (Å²) < 4.78 is -1.91. The number of halogens is 3. The van der Waals surface area contributed by atoms with Crippen molar-refractivity contribution in [1.82, 2.24) is 5.32 Å². The average Bonchev–Trinajstić information content (AvgIpc) is 2.48. The molecule has 0 saturated heterocycles. The molecule has 22 heavy (non-hydrogen) atoms. The molecule has 0 spiro atoms. The van der Waals surface area contributed by atoms with E-state index in [1.807, 2.05) is 24.3 Å². The molecule has 0 bridgehead atoms. The van der Waals surface area contributed by atoms with E-state index in [1.54, 1.807) is 0 Å². The van der Waals surface area contributed by atoms with Crippen molar-refractivity contribution in [3.63, 3.8) is 0 Å². The Bertz CT molecular complexity index is 469. The van der Waals surface area contributed by atoms with Crippen LogP contribution in [0.3, 0.4) is 0 Å². The number of allylic oxidation sites excluding steroid dienone is 1. The van der Waals surface area contributed by atoms with Gasteiger partial charge in [-0.15, -0.1) is 0 Å². The maximum Gasteiger partial charge on any atom is 0.272 e. The Morgan fingerprint density at radius 3 is 2.55 bits per heavy atom. The lowest BCUT2D eigenvalue weighted by molar-refractivity contribution is -0.120. The molecule has 0 heterocycles. The Morgan fingerprint density at radius 2 is 1.95 bits per heavy atom. The number of alkyl halides is 3. The van der Waals surface area contributed by atoms with E-state index in [-0.39, 0.29) is 6.04 Å². The monoisotopic (exact) mass is 361 g/mol. The Hall–Kier alpha value is -0.700. The molecule has 0 aliphatic rings. The normalized spacial score (nSPS) is 13.3. The second-order valence-electron chi connectivity index (χ2n) is 5.17. The van der Waals surface area contributed by atoms with Gasteiger partial charge in [-0.25, -0.2) is 0 Å². The summed E-state index contributed by atoms with van der Waals surface area (Å²) in [4.78, 5) is 11.8. The van der Waals surface area contributed by atoms with Crippen LogP contribution in [0.2, 0.25) is 0 Å². The lowest BCUT2D eigenvalue weighted by atomic mass is 10.1. The molecular formula is C17H22Cl3NO. The number of amides is 1. The minimum absolute atomic E-state index is 0.0983. The lowest BCUT2D eigenvalue weighted by Crippen LogP contribution is -2.40. The van der Waals surface area contributed by atoms with Crippen molar-refractivity contribution in [3.05, 3.63) is 48.0 Å². The maximum atomic E-state index is 11.8. The van der Waals surface area contributed by atoms with Gasteiger partial charge in [0.2, 0.25) is 0 Å². The van der Waals surface area contributed by atoms with Gasteiger partial charge in [-0.05, 0) is 24.8 Å². The van der Waals surface area contributed by atoms with Gasteiger partial charge < -0.3 is 5.32 Å². The van der Waals surface area contributed by atoms with Gasteiger partial charge in [-0.2, -0.15) is 0 Å². The molecule has 1 aromatic rings. The molecular weight excluding hydrogens is 341 g/mol. The van der Waals surface area contributed by atoms with Crippen LogP contribution < -0.4 is 5.32 Å². The van der Waals surface area contributed by atoms with Gasteiger partial charge in [-0.1, -0.05) is 97.1 Å². The highest BCUT2D eigenvalue weighted by atomic mass is 35.6. The Labute approximate surface area is 147 Å². The van der Waals surface area contributed by atoms with E-state index in [9.17, 15) is 4.79 Å². The van der Waals surface area contributed by atoms with Crippen molar-refractivity contribution in [2.45, 2.75) is 48.9 Å². The third-order valence-electron chi connectivity index (χ3n) is 3.25. The standard InChI is InChI=1S/C17H22Cl3NO/c1-2-3-12-15(21-16(22)17(18,19)20)13-8-7-11-14-9-5-4-6-10-14/h4-6,8-10,13,15H,2-3,7,11-12H2,1H3,(H,21,22)/b13-8+/t15-/m0/s1. The minimum atomic E-state index is -1.91. The summed E-state index contributed by atoms with van der Waals surface area (Å²) >= 11 is 16.8. The molecule has 5 heteroatoms. The van der Waals surface area contributed by atoms with Crippen molar-refractivity contribution in [2.24, 2.45) is 0 Å². The van der Waals surface area contributed by atoms with Crippen LogP contribution in [0.25, 0.3) is 0 Å². The number of aryl methyl sites for hydroxylation is 1. The number of hydrogen-bond donors (Lipinski definition) is 1. The Kier molecular flexibility index (Phi) is 8.92. The summed E-state index contributed by atoms with van der Waals surface area (Å²) in [5.41, 5.74) is 1.29. The first-order valence-electron chi connectivity index (χ1n) is 7.51. The molecule has 2 nitrogen and oxygen atoms in total. The predicted octanol–water partition coefficient (Wildman–Crippen LogP) is 5.22. The van der Waals surface area contributed by atoms with Crippen molar-refractivity contribution >= 4 is 40.7 Å². The fourth-order valence-electron chi connectivity index (χ4n) is 2.05. The summed E-state index contributed by atoms with van der Waals surface area (Å²) in [7, 11) is 0. The smallest absolute Gasteiger partial charge is 0.272 e. The van der Waals surface area contributed by atoms with Crippen molar-refractivity contribution in [2.75, 3.05) is 0 Å². The highest BCUT2D eigenvalue weighted by Gasteiger charge is 2.31. The molecule has 0 aliphatic carbocycles. The van der Waals surface area contributed by atoms with Crippen molar-refractivity contribution in [1.29, 1.82) is 0 Å². The fourth-order valence-corrected chi connectivity index (χ4v) is 2.21. The fraction of sp³-hybridized carbons (Fsp3) is 0.471. The molecule has 0 unspecified atom stereocenters. The number of carbonyl (C=O) groups excluding carboxylic acids is 1. The van der Waals surface area contributed by atoms with Gasteiger partial charge in [0.25, 0.3) is 9.70 Å². The van der Waals surface area contributed by atoms with Crippen LogP contribution in [0, 0.1) is 0 Å². The maximum absolute atomic E-state index is 11.8. The summed E-state index contributed by atoms with van der Waals surface area (Å²) in [5, 5.41) is 2.77. The zero-order valence-electron chi connectivity index (χ0n) is 12.7. The average molecular weight is 363 g/mol. The summed E-state index contributed by atoms with van der Waals surface area (Å²) in [5.74, 6) is -0.577. The van der Waals surface area contributed by atoms with E-state index in [2.05, 4.69) is 30.4 Å². The molecule has 0 fully saturated rings. The zero-order chi connectivity index (χ0) is 16.4. The van der Waals surface area contributed by atoms with E-state index in [4.69, 9.17) is 34.8 Å². The molecule has 122 valence electrons. The van der Waals surface area contributed by atoms with Crippen LogP contribution in [-0.4, -0.2) is 15.7 Å². The van der Waals surface area contributed by atoms with Crippen LogP contribution in [0.5, 0.6) is 0 Å². The quantitative estimate of drug-likeness (QED) is 0.498. The van der Waals surface area contributed by atoms with Gasteiger partial charge in [0.05, 0.1) is 0 Å². The SMILES string of the molecule is CCCC[C@@H](/C=C/CCc1ccccc1)NC(=O)C(Cl)(Cl)Cl. The number of carbonyl (C=O) groups is 1. The first kappa shape index (κ1) is 19.3. The molecule has 1 rings (SSSR count). The molecule has 0 radical (unpaired) electrons. The zero-order valence-corrected chi connectivity index (χ0v) is 15.0. The number of benzene rings is 1. The first-order chi connectivity index (χ1) is 10.4. The molecule has 0 aliphatic heterocycles. The predicted molar refractivity (Wildman–Crippen MR) is 95.6 cm³/mol. The molecule has 1 atom stereocenters. The van der Waals surface area contributed by atoms with Gasteiger partial charge in [0, 0.05) is 6.04 Å². The number of rotatable bonds is 8. The van der Waals surface area contributed by atoms with E-state index in [0.29, 0.717) is 0 Å². The minimum Gasteiger partial charge on any atom is -0.346 e. The van der Waals surface area contributed by atoms with Crippen LogP contribution in [-0.2, 0) is 11.2 Å². The number of unbranched alkanes of at least 4 members (excludes halogenated alkanes) is 1. The molecule has 1 aromatic carbocycles. The van der Waals surface area contributed by atoms with E-state index < -0.39 is 9.70 Å². The van der Waals surface area contributed by atoms with Gasteiger partial charge >= 0.3 is 0 Å². The lowest BCUT2D eigenvalue weighted by Gasteiger charge is -2.18. The van der Waals surface area contributed by atoms with Crippen molar-refractivity contribution in [3.8, 4) is 0 Å². The van der Waals surface area contributed by atoms with E-state index >= 15 is 0 Å². The third-order valence-corrected chi connectivity index (χ3v) is 3.77. The summed E-state index contributed by atoms with van der Waals surface area (Å²) in [6, 6.07) is 10.2. The summed E-state index contributed by atoms with van der Waals surface area (Å²) in [6.07, 6.45) is 8.85. The molecule has 1 N–H and O–H groups in total. The second kappa shape index (κ2) is 10.1. The number of hydrogen-bond acceptors (Lipinski definition) is 1. The van der Waals surface area contributed by atoms with Crippen LogP contribution in [0.4, 0.5) is 0 Å². The number of nitrogens with one attached hydrogen (secondary N) is 1. The van der Waals surface area contributed by atoms with E-state index in [1.165, 1.54) is 5.56 Å². The Balaban J connectivity index is 2.49. The summed E-state index contributed by atoms with van der Waals surface area (Å²) in [6.45, 7) is 2.10. The van der Waals surface area contributed by atoms with Gasteiger partial charge in [-0.3, -0.25) is 4.79 Å². The largest absolute Gasteiger partial charge is 0.346 e. The second-order valence-corrected chi connectivity index (χ2v) is 7.45. The highest BCUT2D eigenvalue weighted by Crippen LogP contribution is 2.26. The third kappa shape index (κ3) is 8.07. The van der Waals surface area contributed by atoms with Crippen LogP contribution >= 0.6 is 34.8 Å². The van der Waals surface area contributed by atoms with Crippen LogP contribution in [0.1, 0.15) is 38.2 Å². The van der Waals surface area contributed by atoms with Gasteiger partial charge in [0.15, 0.2) is 0 Å². The molecule has 1 amide bonds. The van der Waals surface area contributed by atoms with Crippen LogP contribution in [0.15, 0.2) is 42.5 Å². The van der Waals surface area contributed by atoms with E-state index in [0.717, 1.165) is 32.1 Å². The Morgan fingerprint density at radius 1 is 1.27 bits per heavy atom. The molecule has 0 aromatic heterocycles. The highest BCUT2D eigenvalue weighted by molar-refractivity contribution is 6.76. The molecule has 0 saturated carbocycles. The first-order valence-corrected chi connectivity index (χ1v) is 8.65. The topological polar surface area (TPSA) is 29.1 Å². The van der Waals surface area contributed by atoms with Gasteiger partial charge in [0.1, 0.15) is 0 Å².